The summed E-state index contributed by atoms with van der Waals surface area (Å²) in [5.74, 6) is -0.739. The number of sulfone groups is 1. The Balaban J connectivity index is 1.81. The second-order valence-corrected chi connectivity index (χ2v) is 8.26. The van der Waals surface area contributed by atoms with Crippen LogP contribution in [-0.2, 0) is 16.3 Å². The van der Waals surface area contributed by atoms with E-state index in [4.69, 9.17) is 16.0 Å². The van der Waals surface area contributed by atoms with Gasteiger partial charge in [-0.25, -0.2) is 8.42 Å². The maximum Gasteiger partial charge on any atom is 0.293 e. The molecule has 0 aliphatic carbocycles. The van der Waals surface area contributed by atoms with Gasteiger partial charge in [0.15, 0.2) is 5.76 Å². The fourth-order valence-electron chi connectivity index (χ4n) is 1.92. The Kier molecular flexibility index (Phi) is 4.89. The van der Waals surface area contributed by atoms with E-state index in [1.165, 1.54) is 47.7 Å². The summed E-state index contributed by atoms with van der Waals surface area (Å²) in [6.07, 6.45) is 0.706. The van der Waals surface area contributed by atoms with Crippen molar-refractivity contribution in [1.29, 1.82) is 0 Å². The highest BCUT2D eigenvalue weighted by Crippen LogP contribution is 2.25. The molecule has 10 heteroatoms. The maximum atomic E-state index is 12.5. The molecule has 0 aliphatic rings. The molecule has 2 aromatic heterocycles. The summed E-state index contributed by atoms with van der Waals surface area (Å²) in [6, 6.07) is 8.19. The topological polar surface area (TPSA) is 102 Å². The number of carbonyl (C=O) groups is 1. The van der Waals surface area contributed by atoms with Gasteiger partial charge in [-0.2, -0.15) is 0 Å². The Morgan fingerprint density at radius 3 is 2.56 bits per heavy atom. The zero-order valence-electron chi connectivity index (χ0n) is 12.9. The lowest BCUT2D eigenvalue weighted by molar-refractivity contribution is 0.0991. The van der Waals surface area contributed by atoms with Gasteiger partial charge in [-0.05, 0) is 42.8 Å². The molecule has 0 fully saturated rings. The van der Waals surface area contributed by atoms with Crippen LogP contribution in [0.15, 0.2) is 50.8 Å². The van der Waals surface area contributed by atoms with E-state index < -0.39 is 15.7 Å². The third-order valence-electron chi connectivity index (χ3n) is 3.18. The van der Waals surface area contributed by atoms with E-state index in [2.05, 4.69) is 15.5 Å². The minimum atomic E-state index is -3.87. The van der Waals surface area contributed by atoms with E-state index >= 15 is 0 Å². The summed E-state index contributed by atoms with van der Waals surface area (Å²) in [5.41, 5.74) is 0. The molecule has 0 bridgehead atoms. The summed E-state index contributed by atoms with van der Waals surface area (Å²) in [5, 5.41) is 11.4. The Morgan fingerprint density at radius 1 is 1.20 bits per heavy atom. The van der Waals surface area contributed by atoms with Crippen LogP contribution in [0.25, 0.3) is 0 Å². The molecule has 0 spiro atoms. The van der Waals surface area contributed by atoms with Crippen molar-refractivity contribution in [3.8, 4) is 0 Å². The van der Waals surface area contributed by atoms with Gasteiger partial charge >= 0.3 is 0 Å². The average Bonchev–Trinajstić information content (AvgIpc) is 3.24. The Morgan fingerprint density at radius 2 is 1.92 bits per heavy atom. The molecule has 2 heterocycles. The standard InChI is InChI=1S/C15H12ClN3O4S2/c1-2-12-18-19-15(24-12)17-14(20)11-7-8-13(23-11)25(21,22)10-5-3-9(16)4-6-10/h3-8H,2H2,1H3,(H,17,19,20). The molecule has 0 saturated heterocycles. The lowest BCUT2D eigenvalue weighted by Crippen LogP contribution is -2.10. The number of hydrogen-bond donors (Lipinski definition) is 1. The zero-order chi connectivity index (χ0) is 18.0. The number of halogens is 1. The SMILES string of the molecule is CCc1nnc(NC(=O)c2ccc(S(=O)(=O)c3ccc(Cl)cc3)o2)s1. The van der Waals surface area contributed by atoms with Gasteiger partial charge in [-0.15, -0.1) is 10.2 Å². The molecule has 0 unspecified atom stereocenters. The van der Waals surface area contributed by atoms with E-state index in [0.29, 0.717) is 16.6 Å². The molecule has 1 amide bonds. The molecule has 0 aliphatic heterocycles. The summed E-state index contributed by atoms with van der Waals surface area (Å²) >= 11 is 7.00. The van der Waals surface area contributed by atoms with Crippen molar-refractivity contribution in [1.82, 2.24) is 10.2 Å². The van der Waals surface area contributed by atoms with Crippen molar-refractivity contribution in [2.45, 2.75) is 23.3 Å². The van der Waals surface area contributed by atoms with Crippen LogP contribution in [0.5, 0.6) is 0 Å². The number of amides is 1. The van der Waals surface area contributed by atoms with Gasteiger partial charge in [0.05, 0.1) is 4.90 Å². The Labute approximate surface area is 152 Å². The van der Waals surface area contributed by atoms with Crippen molar-refractivity contribution in [2.75, 3.05) is 5.32 Å². The minimum Gasteiger partial charge on any atom is -0.439 e. The predicted molar refractivity (Wildman–Crippen MR) is 92.9 cm³/mol. The first-order chi connectivity index (χ1) is 11.9. The van der Waals surface area contributed by atoms with Crippen LogP contribution in [-0.4, -0.2) is 24.5 Å². The molecule has 1 N–H and O–H groups in total. The number of anilines is 1. The molecule has 1 aromatic carbocycles. The molecule has 3 aromatic rings. The molecule has 130 valence electrons. The first kappa shape index (κ1) is 17.6. The zero-order valence-corrected chi connectivity index (χ0v) is 15.3. The summed E-state index contributed by atoms with van der Waals surface area (Å²) in [7, 11) is -3.87. The number of rotatable bonds is 5. The highest BCUT2D eigenvalue weighted by atomic mass is 35.5. The first-order valence-corrected chi connectivity index (χ1v) is 9.82. The van der Waals surface area contributed by atoms with Crippen LogP contribution >= 0.6 is 22.9 Å². The quantitative estimate of drug-likeness (QED) is 0.707. The van der Waals surface area contributed by atoms with Crippen LogP contribution in [0.4, 0.5) is 5.13 Å². The maximum absolute atomic E-state index is 12.5. The molecular weight excluding hydrogens is 386 g/mol. The van der Waals surface area contributed by atoms with Crippen molar-refractivity contribution in [3.63, 3.8) is 0 Å². The number of nitrogens with one attached hydrogen (secondary N) is 1. The van der Waals surface area contributed by atoms with E-state index in [0.717, 1.165) is 5.01 Å². The van der Waals surface area contributed by atoms with Gasteiger partial charge in [-0.1, -0.05) is 29.9 Å². The number of aromatic nitrogens is 2. The highest BCUT2D eigenvalue weighted by Gasteiger charge is 2.24. The molecule has 3 rings (SSSR count). The highest BCUT2D eigenvalue weighted by molar-refractivity contribution is 7.91. The molecule has 7 nitrogen and oxygen atoms in total. The third kappa shape index (κ3) is 3.73. The normalized spacial score (nSPS) is 11.4. The monoisotopic (exact) mass is 397 g/mol. The van der Waals surface area contributed by atoms with E-state index in [9.17, 15) is 13.2 Å². The smallest absolute Gasteiger partial charge is 0.293 e. The molecule has 0 saturated carbocycles. The van der Waals surface area contributed by atoms with E-state index in [1.54, 1.807) is 0 Å². The lowest BCUT2D eigenvalue weighted by atomic mass is 10.4. The molecule has 25 heavy (non-hydrogen) atoms. The van der Waals surface area contributed by atoms with Crippen LogP contribution in [0, 0.1) is 0 Å². The third-order valence-corrected chi connectivity index (χ3v) is 6.06. The fourth-order valence-corrected chi connectivity index (χ4v) is 3.90. The summed E-state index contributed by atoms with van der Waals surface area (Å²) in [6.45, 7) is 1.92. The van der Waals surface area contributed by atoms with Crippen molar-refractivity contribution in [3.05, 3.63) is 52.2 Å². The molecule has 0 atom stereocenters. The molecule has 0 radical (unpaired) electrons. The largest absolute Gasteiger partial charge is 0.439 e. The number of aryl methyl sites for hydroxylation is 1. The van der Waals surface area contributed by atoms with Crippen LogP contribution in [0.2, 0.25) is 5.02 Å². The van der Waals surface area contributed by atoms with Crippen molar-refractivity contribution >= 4 is 43.8 Å². The van der Waals surface area contributed by atoms with Crippen LogP contribution in [0.1, 0.15) is 22.5 Å². The number of nitrogens with zero attached hydrogens (tertiary/aromatic N) is 2. The number of hydrogen-bond acceptors (Lipinski definition) is 7. The number of carbonyl (C=O) groups excluding carboxylic acids is 1. The second-order valence-electron chi connectivity index (χ2n) is 4.88. The van der Waals surface area contributed by atoms with Gasteiger partial charge in [0, 0.05) is 5.02 Å². The predicted octanol–water partition coefficient (Wildman–Crippen LogP) is 3.43. The van der Waals surface area contributed by atoms with Gasteiger partial charge in [0.1, 0.15) is 5.01 Å². The van der Waals surface area contributed by atoms with E-state index in [1.807, 2.05) is 6.92 Å². The average molecular weight is 398 g/mol. The van der Waals surface area contributed by atoms with Crippen molar-refractivity contribution < 1.29 is 17.6 Å². The van der Waals surface area contributed by atoms with Crippen LogP contribution in [0.3, 0.4) is 0 Å². The fraction of sp³-hybridized carbons (Fsp3) is 0.133. The minimum absolute atomic E-state index is 0.0231. The van der Waals surface area contributed by atoms with Gasteiger partial charge < -0.3 is 4.42 Å². The first-order valence-electron chi connectivity index (χ1n) is 7.14. The summed E-state index contributed by atoms with van der Waals surface area (Å²) in [4.78, 5) is 12.2. The van der Waals surface area contributed by atoms with Gasteiger partial charge in [0.2, 0.25) is 20.1 Å². The summed E-state index contributed by atoms with van der Waals surface area (Å²) < 4.78 is 30.2. The van der Waals surface area contributed by atoms with Gasteiger partial charge in [0.25, 0.3) is 5.91 Å². The Bertz CT molecular complexity index is 1010. The lowest BCUT2D eigenvalue weighted by Gasteiger charge is -2.01. The van der Waals surface area contributed by atoms with Crippen LogP contribution < -0.4 is 5.32 Å². The number of benzene rings is 1. The molecular formula is C15H12ClN3O4S2. The second kappa shape index (κ2) is 6.95. The van der Waals surface area contributed by atoms with Gasteiger partial charge in [-0.3, -0.25) is 10.1 Å². The number of furan rings is 1. The van der Waals surface area contributed by atoms with E-state index in [-0.39, 0.29) is 15.7 Å². The Hall–Kier alpha value is -2.23. The van der Waals surface area contributed by atoms with Crippen molar-refractivity contribution in [2.24, 2.45) is 0 Å².